The maximum atomic E-state index is 4.96. The average molecular weight is 269 g/mol. The lowest BCUT2D eigenvalue weighted by Gasteiger charge is -2.00. The molecule has 0 radical (unpaired) electrons. The first kappa shape index (κ1) is 12.6. The van der Waals surface area contributed by atoms with Crippen molar-refractivity contribution in [1.82, 2.24) is 15.5 Å². The Morgan fingerprint density at radius 1 is 1.35 bits per heavy atom. The fourth-order valence-corrected chi connectivity index (χ4v) is 2.90. The highest BCUT2D eigenvalue weighted by Gasteiger charge is 2.06. The second kappa shape index (κ2) is 6.80. The molecular formula is C11H15N3OS2. The summed E-state index contributed by atoms with van der Waals surface area (Å²) in [6, 6.07) is 2.08. The van der Waals surface area contributed by atoms with E-state index < -0.39 is 0 Å². The van der Waals surface area contributed by atoms with Gasteiger partial charge in [-0.2, -0.15) is 11.3 Å². The van der Waals surface area contributed by atoms with E-state index in [0.717, 1.165) is 36.1 Å². The molecule has 17 heavy (non-hydrogen) atoms. The van der Waals surface area contributed by atoms with Gasteiger partial charge in [-0.05, 0) is 11.4 Å². The van der Waals surface area contributed by atoms with Crippen molar-refractivity contribution in [3.8, 4) is 10.6 Å². The Morgan fingerprint density at radius 3 is 3.06 bits per heavy atom. The number of hydrogen-bond acceptors (Lipinski definition) is 6. The fourth-order valence-electron chi connectivity index (χ4n) is 1.35. The highest BCUT2D eigenvalue weighted by molar-refractivity contribution is 7.15. The number of thiophene rings is 1. The molecule has 2 aromatic heterocycles. The van der Waals surface area contributed by atoms with E-state index in [4.69, 9.17) is 4.74 Å². The monoisotopic (exact) mass is 269 g/mol. The van der Waals surface area contributed by atoms with Gasteiger partial charge in [-0.15, -0.1) is 10.2 Å². The number of nitrogens with one attached hydrogen (secondary N) is 1. The Kier molecular flexibility index (Phi) is 5.06. The molecule has 2 rings (SSSR count). The molecule has 4 nitrogen and oxygen atoms in total. The molecule has 0 amide bonds. The SMILES string of the molecule is COCCNCCc1nnc(-c2ccsc2)s1. The van der Waals surface area contributed by atoms with Crippen LogP contribution in [0.4, 0.5) is 0 Å². The molecule has 1 N–H and O–H groups in total. The smallest absolute Gasteiger partial charge is 0.148 e. The Bertz CT molecular complexity index is 428. The first-order valence-electron chi connectivity index (χ1n) is 5.45. The highest BCUT2D eigenvalue weighted by Crippen LogP contribution is 2.25. The van der Waals surface area contributed by atoms with Crippen molar-refractivity contribution in [2.75, 3.05) is 26.8 Å². The molecule has 2 heterocycles. The van der Waals surface area contributed by atoms with Crippen LogP contribution in [0.15, 0.2) is 16.8 Å². The predicted molar refractivity (Wildman–Crippen MR) is 71.7 cm³/mol. The molecule has 0 fully saturated rings. The van der Waals surface area contributed by atoms with Crippen molar-refractivity contribution < 1.29 is 4.74 Å². The van der Waals surface area contributed by atoms with Gasteiger partial charge in [0.2, 0.25) is 0 Å². The molecule has 0 aliphatic heterocycles. The Morgan fingerprint density at radius 2 is 2.29 bits per heavy atom. The lowest BCUT2D eigenvalue weighted by molar-refractivity contribution is 0.199. The van der Waals surface area contributed by atoms with Crippen LogP contribution in [0.3, 0.4) is 0 Å². The summed E-state index contributed by atoms with van der Waals surface area (Å²) in [7, 11) is 1.71. The van der Waals surface area contributed by atoms with Gasteiger partial charge in [-0.25, -0.2) is 0 Å². The summed E-state index contributed by atoms with van der Waals surface area (Å²) in [5.41, 5.74) is 1.17. The van der Waals surface area contributed by atoms with Crippen molar-refractivity contribution in [2.45, 2.75) is 6.42 Å². The van der Waals surface area contributed by atoms with Gasteiger partial charge in [0.15, 0.2) is 0 Å². The van der Waals surface area contributed by atoms with Crippen LogP contribution in [0.1, 0.15) is 5.01 Å². The number of aromatic nitrogens is 2. The van der Waals surface area contributed by atoms with Gasteiger partial charge >= 0.3 is 0 Å². The van der Waals surface area contributed by atoms with Crippen molar-refractivity contribution in [1.29, 1.82) is 0 Å². The summed E-state index contributed by atoms with van der Waals surface area (Å²) in [6.07, 6.45) is 0.922. The zero-order valence-corrected chi connectivity index (χ0v) is 11.3. The molecule has 2 aromatic rings. The summed E-state index contributed by atoms with van der Waals surface area (Å²) in [6.45, 7) is 2.55. The fraction of sp³-hybridized carbons (Fsp3) is 0.455. The molecular weight excluding hydrogens is 254 g/mol. The standard InChI is InChI=1S/C11H15N3OS2/c1-15-6-5-12-4-2-10-13-14-11(17-10)9-3-7-16-8-9/h3,7-8,12H,2,4-6H2,1H3. The van der Waals surface area contributed by atoms with Crippen LogP contribution in [-0.2, 0) is 11.2 Å². The van der Waals surface area contributed by atoms with E-state index in [1.54, 1.807) is 29.8 Å². The maximum absolute atomic E-state index is 4.96. The van der Waals surface area contributed by atoms with Crippen molar-refractivity contribution in [3.63, 3.8) is 0 Å². The summed E-state index contributed by atoms with van der Waals surface area (Å²) in [5.74, 6) is 0. The number of ether oxygens (including phenoxy) is 1. The van der Waals surface area contributed by atoms with Gasteiger partial charge in [0, 0.05) is 37.6 Å². The predicted octanol–water partition coefficient (Wildman–Crippen LogP) is 2.05. The number of nitrogens with zero attached hydrogens (tertiary/aromatic N) is 2. The van der Waals surface area contributed by atoms with Crippen LogP contribution < -0.4 is 5.32 Å². The first-order chi connectivity index (χ1) is 8.40. The largest absolute Gasteiger partial charge is 0.383 e. The third-order valence-electron chi connectivity index (χ3n) is 2.23. The van der Waals surface area contributed by atoms with Crippen LogP contribution in [0.25, 0.3) is 10.6 Å². The second-order valence-electron chi connectivity index (χ2n) is 3.51. The third kappa shape index (κ3) is 3.85. The zero-order chi connectivity index (χ0) is 11.9. The quantitative estimate of drug-likeness (QED) is 0.781. The molecule has 0 saturated carbocycles. The number of methoxy groups -OCH3 is 1. The van der Waals surface area contributed by atoms with Crippen LogP contribution in [0.5, 0.6) is 0 Å². The van der Waals surface area contributed by atoms with E-state index in [1.165, 1.54) is 5.56 Å². The molecule has 0 aliphatic rings. The van der Waals surface area contributed by atoms with Crippen LogP contribution in [0, 0.1) is 0 Å². The number of rotatable bonds is 7. The summed E-state index contributed by atoms with van der Waals surface area (Å²) < 4.78 is 4.96. The minimum absolute atomic E-state index is 0.746. The number of hydrogen-bond donors (Lipinski definition) is 1. The molecule has 0 unspecified atom stereocenters. The van der Waals surface area contributed by atoms with Gasteiger partial charge in [0.05, 0.1) is 6.61 Å². The lowest BCUT2D eigenvalue weighted by Crippen LogP contribution is -2.21. The molecule has 0 aliphatic carbocycles. The van der Waals surface area contributed by atoms with Crippen molar-refractivity contribution in [2.24, 2.45) is 0 Å². The van der Waals surface area contributed by atoms with Gasteiger partial charge < -0.3 is 10.1 Å². The second-order valence-corrected chi connectivity index (χ2v) is 5.35. The van der Waals surface area contributed by atoms with Crippen LogP contribution in [-0.4, -0.2) is 37.0 Å². The van der Waals surface area contributed by atoms with Gasteiger partial charge in [-0.1, -0.05) is 11.3 Å². The molecule has 0 spiro atoms. The normalized spacial score (nSPS) is 10.9. The summed E-state index contributed by atoms with van der Waals surface area (Å²) in [5, 5.41) is 17.9. The van der Waals surface area contributed by atoms with Crippen LogP contribution in [0.2, 0.25) is 0 Å². The Balaban J connectivity index is 1.79. The highest BCUT2D eigenvalue weighted by atomic mass is 32.1. The Labute approximate surface area is 109 Å². The van der Waals surface area contributed by atoms with E-state index in [2.05, 4.69) is 32.3 Å². The van der Waals surface area contributed by atoms with E-state index in [-0.39, 0.29) is 0 Å². The van der Waals surface area contributed by atoms with E-state index in [0.29, 0.717) is 0 Å². The minimum atomic E-state index is 0.746. The average Bonchev–Trinajstić information content (AvgIpc) is 2.99. The molecule has 0 atom stereocenters. The minimum Gasteiger partial charge on any atom is -0.383 e. The molecule has 0 bridgehead atoms. The van der Waals surface area contributed by atoms with Crippen molar-refractivity contribution >= 4 is 22.7 Å². The van der Waals surface area contributed by atoms with Gasteiger partial charge in [0.25, 0.3) is 0 Å². The lowest BCUT2D eigenvalue weighted by atomic mass is 10.4. The first-order valence-corrected chi connectivity index (χ1v) is 7.20. The van der Waals surface area contributed by atoms with Crippen molar-refractivity contribution in [3.05, 3.63) is 21.8 Å². The molecule has 0 saturated heterocycles. The van der Waals surface area contributed by atoms with E-state index >= 15 is 0 Å². The molecule has 92 valence electrons. The summed E-state index contributed by atoms with van der Waals surface area (Å²) >= 11 is 3.35. The van der Waals surface area contributed by atoms with E-state index in [1.807, 2.05) is 0 Å². The summed E-state index contributed by atoms with van der Waals surface area (Å²) in [4.78, 5) is 0. The third-order valence-corrected chi connectivity index (χ3v) is 3.95. The molecule has 0 aromatic carbocycles. The topological polar surface area (TPSA) is 47.0 Å². The molecule has 6 heteroatoms. The Hall–Kier alpha value is -0.820. The van der Waals surface area contributed by atoms with Gasteiger partial charge in [-0.3, -0.25) is 0 Å². The maximum Gasteiger partial charge on any atom is 0.148 e. The van der Waals surface area contributed by atoms with Crippen LogP contribution >= 0.6 is 22.7 Å². The zero-order valence-electron chi connectivity index (χ0n) is 9.68. The van der Waals surface area contributed by atoms with Gasteiger partial charge in [0.1, 0.15) is 10.0 Å². The van der Waals surface area contributed by atoms with E-state index in [9.17, 15) is 0 Å².